The number of nitrogen functional groups attached to an aromatic ring is 1. The molecule has 0 fully saturated rings. The summed E-state index contributed by atoms with van der Waals surface area (Å²) in [6.07, 6.45) is 0. The van der Waals surface area contributed by atoms with Crippen LogP contribution in [0.1, 0.15) is 11.1 Å². The highest BCUT2D eigenvalue weighted by Crippen LogP contribution is 2.23. The Morgan fingerprint density at radius 2 is 2.10 bits per heavy atom. The molecule has 0 saturated heterocycles. The lowest BCUT2D eigenvalue weighted by Gasteiger charge is -2.07. The highest BCUT2D eigenvalue weighted by atomic mass is 32.2. The zero-order chi connectivity index (χ0) is 15.2. The number of carbonyl (C=O) groups excluding carboxylic acids is 1. The molecule has 3 N–H and O–H groups in total. The van der Waals surface area contributed by atoms with Crippen molar-refractivity contribution < 1.29 is 4.79 Å². The lowest BCUT2D eigenvalue weighted by atomic mass is 10.2. The topological polar surface area (TPSA) is 78.9 Å². The smallest absolute Gasteiger partial charge is 0.234 e. The van der Waals surface area contributed by atoms with Crippen LogP contribution in [-0.4, -0.2) is 11.7 Å². The third kappa shape index (κ3) is 4.01. The van der Waals surface area contributed by atoms with Gasteiger partial charge in [-0.1, -0.05) is 12.1 Å². The molecule has 5 heteroatoms. The number of hydrogen-bond donors (Lipinski definition) is 2. The molecule has 0 unspecified atom stereocenters. The molecular weight excluding hydrogens is 282 g/mol. The Kier molecular flexibility index (Phi) is 4.85. The number of aryl methyl sites for hydroxylation is 1. The first-order valence-corrected chi connectivity index (χ1v) is 7.36. The van der Waals surface area contributed by atoms with E-state index in [0.717, 1.165) is 16.1 Å². The van der Waals surface area contributed by atoms with E-state index >= 15 is 0 Å². The van der Waals surface area contributed by atoms with Crippen LogP contribution in [-0.2, 0) is 4.79 Å². The monoisotopic (exact) mass is 297 g/mol. The van der Waals surface area contributed by atoms with E-state index in [2.05, 4.69) is 11.4 Å². The molecule has 106 valence electrons. The number of carbonyl (C=O) groups is 1. The lowest BCUT2D eigenvalue weighted by molar-refractivity contribution is -0.113. The Labute approximate surface area is 128 Å². The predicted octanol–water partition coefficient (Wildman–Crippen LogP) is 3.18. The summed E-state index contributed by atoms with van der Waals surface area (Å²) in [4.78, 5) is 12.9. The molecule has 0 aromatic heterocycles. The number of nitrogens with one attached hydrogen (secondary N) is 1. The molecule has 2 aromatic rings. The van der Waals surface area contributed by atoms with Gasteiger partial charge in [0.1, 0.15) is 6.07 Å². The first-order valence-electron chi connectivity index (χ1n) is 6.38. The molecule has 0 saturated carbocycles. The van der Waals surface area contributed by atoms with Crippen LogP contribution in [0.4, 0.5) is 11.4 Å². The SMILES string of the molecule is Cc1cc(SCC(=O)Nc2ccccc2C#N)ccc1N. The first kappa shape index (κ1) is 14.9. The number of benzene rings is 2. The molecule has 0 atom stereocenters. The van der Waals surface area contributed by atoms with Crippen LogP contribution in [0, 0.1) is 18.3 Å². The lowest BCUT2D eigenvalue weighted by Crippen LogP contribution is -2.14. The molecule has 4 nitrogen and oxygen atoms in total. The molecule has 0 radical (unpaired) electrons. The van der Waals surface area contributed by atoms with Crippen LogP contribution in [0.2, 0.25) is 0 Å². The molecule has 21 heavy (non-hydrogen) atoms. The summed E-state index contributed by atoms with van der Waals surface area (Å²) in [6, 6.07) is 14.7. The highest BCUT2D eigenvalue weighted by Gasteiger charge is 2.07. The Morgan fingerprint density at radius 1 is 1.33 bits per heavy atom. The van der Waals surface area contributed by atoms with E-state index in [4.69, 9.17) is 11.0 Å². The minimum Gasteiger partial charge on any atom is -0.399 e. The van der Waals surface area contributed by atoms with Gasteiger partial charge in [-0.15, -0.1) is 11.8 Å². The summed E-state index contributed by atoms with van der Waals surface area (Å²) < 4.78 is 0. The van der Waals surface area contributed by atoms with Crippen molar-refractivity contribution in [2.24, 2.45) is 0 Å². The third-order valence-electron chi connectivity index (χ3n) is 2.93. The van der Waals surface area contributed by atoms with Crippen LogP contribution in [0.3, 0.4) is 0 Å². The molecule has 0 aliphatic heterocycles. The molecule has 0 spiro atoms. The summed E-state index contributed by atoms with van der Waals surface area (Å²) in [7, 11) is 0. The number of anilines is 2. The van der Waals surface area contributed by atoms with Gasteiger partial charge in [0.2, 0.25) is 5.91 Å². The molecular formula is C16H15N3OS. The van der Waals surface area contributed by atoms with Crippen molar-refractivity contribution in [2.45, 2.75) is 11.8 Å². The fraction of sp³-hybridized carbons (Fsp3) is 0.125. The van der Waals surface area contributed by atoms with Gasteiger partial charge < -0.3 is 11.1 Å². The maximum atomic E-state index is 11.9. The number of para-hydroxylation sites is 1. The van der Waals surface area contributed by atoms with Crippen molar-refractivity contribution in [1.82, 2.24) is 0 Å². The van der Waals surface area contributed by atoms with Gasteiger partial charge in [-0.25, -0.2) is 0 Å². The van der Waals surface area contributed by atoms with E-state index in [0.29, 0.717) is 11.3 Å². The van der Waals surface area contributed by atoms with Crippen molar-refractivity contribution >= 4 is 29.0 Å². The van der Waals surface area contributed by atoms with Crippen LogP contribution in [0.25, 0.3) is 0 Å². The van der Waals surface area contributed by atoms with Gasteiger partial charge in [-0.3, -0.25) is 4.79 Å². The van der Waals surface area contributed by atoms with Gasteiger partial charge in [0.05, 0.1) is 17.0 Å². The van der Waals surface area contributed by atoms with Crippen molar-refractivity contribution in [3.8, 4) is 6.07 Å². The number of nitriles is 1. The normalized spacial score (nSPS) is 9.90. The number of rotatable bonds is 4. The second-order valence-electron chi connectivity index (χ2n) is 4.51. The fourth-order valence-corrected chi connectivity index (χ4v) is 2.56. The van der Waals surface area contributed by atoms with Crippen LogP contribution >= 0.6 is 11.8 Å². The van der Waals surface area contributed by atoms with E-state index < -0.39 is 0 Å². The average molecular weight is 297 g/mol. The summed E-state index contributed by atoms with van der Waals surface area (Å²) in [5, 5.41) is 11.7. The summed E-state index contributed by atoms with van der Waals surface area (Å²) in [5.41, 5.74) is 8.50. The summed E-state index contributed by atoms with van der Waals surface area (Å²) >= 11 is 1.43. The molecule has 2 rings (SSSR count). The van der Waals surface area contributed by atoms with Crippen molar-refractivity contribution in [3.05, 3.63) is 53.6 Å². The van der Waals surface area contributed by atoms with Crippen molar-refractivity contribution in [1.29, 1.82) is 5.26 Å². The number of nitrogens with zero attached hydrogens (tertiary/aromatic N) is 1. The predicted molar refractivity (Wildman–Crippen MR) is 86.1 cm³/mol. The second-order valence-corrected chi connectivity index (χ2v) is 5.56. The van der Waals surface area contributed by atoms with Gasteiger partial charge in [0, 0.05) is 10.6 Å². The zero-order valence-corrected chi connectivity index (χ0v) is 12.4. The highest BCUT2D eigenvalue weighted by molar-refractivity contribution is 8.00. The van der Waals surface area contributed by atoms with E-state index in [-0.39, 0.29) is 11.7 Å². The van der Waals surface area contributed by atoms with Crippen molar-refractivity contribution in [3.63, 3.8) is 0 Å². The van der Waals surface area contributed by atoms with Crippen LogP contribution in [0.15, 0.2) is 47.4 Å². The van der Waals surface area contributed by atoms with Gasteiger partial charge in [0.15, 0.2) is 0 Å². The zero-order valence-electron chi connectivity index (χ0n) is 11.6. The second kappa shape index (κ2) is 6.82. The fourth-order valence-electron chi connectivity index (χ4n) is 1.76. The van der Waals surface area contributed by atoms with Gasteiger partial charge in [0.25, 0.3) is 0 Å². The maximum Gasteiger partial charge on any atom is 0.234 e. The number of amides is 1. The standard InChI is InChI=1S/C16H15N3OS/c1-11-8-13(6-7-14(11)18)21-10-16(20)19-15-5-3-2-4-12(15)9-17/h2-8H,10,18H2,1H3,(H,19,20). The Morgan fingerprint density at radius 3 is 2.81 bits per heavy atom. The molecule has 1 amide bonds. The van der Waals surface area contributed by atoms with Gasteiger partial charge >= 0.3 is 0 Å². The molecule has 0 bridgehead atoms. The molecule has 0 heterocycles. The quantitative estimate of drug-likeness (QED) is 0.671. The Hall–Kier alpha value is -2.45. The van der Waals surface area contributed by atoms with E-state index in [1.54, 1.807) is 24.3 Å². The Bertz CT molecular complexity index is 707. The summed E-state index contributed by atoms with van der Waals surface area (Å²) in [5.74, 6) is 0.139. The number of hydrogen-bond acceptors (Lipinski definition) is 4. The van der Waals surface area contributed by atoms with E-state index in [9.17, 15) is 4.79 Å². The maximum absolute atomic E-state index is 11.9. The van der Waals surface area contributed by atoms with Gasteiger partial charge in [-0.2, -0.15) is 5.26 Å². The van der Waals surface area contributed by atoms with E-state index in [1.165, 1.54) is 11.8 Å². The summed E-state index contributed by atoms with van der Waals surface area (Å²) in [6.45, 7) is 1.93. The van der Waals surface area contributed by atoms with Gasteiger partial charge in [-0.05, 0) is 42.8 Å². The minimum absolute atomic E-state index is 0.142. The Balaban J connectivity index is 1.96. The van der Waals surface area contributed by atoms with E-state index in [1.807, 2.05) is 25.1 Å². The minimum atomic E-state index is -0.142. The number of thioether (sulfide) groups is 1. The molecule has 0 aliphatic rings. The molecule has 0 aliphatic carbocycles. The van der Waals surface area contributed by atoms with Crippen LogP contribution < -0.4 is 11.1 Å². The van der Waals surface area contributed by atoms with Crippen molar-refractivity contribution in [2.75, 3.05) is 16.8 Å². The largest absolute Gasteiger partial charge is 0.399 e. The first-order chi connectivity index (χ1) is 10.1. The molecule has 2 aromatic carbocycles. The average Bonchev–Trinajstić information content (AvgIpc) is 2.49. The number of nitrogens with two attached hydrogens (primary N) is 1. The van der Waals surface area contributed by atoms with Crippen LogP contribution in [0.5, 0.6) is 0 Å². The third-order valence-corrected chi connectivity index (χ3v) is 3.93.